The van der Waals surface area contributed by atoms with E-state index in [0.717, 1.165) is 58.2 Å². The molecule has 0 bridgehead atoms. The second-order valence-corrected chi connectivity index (χ2v) is 14.6. The fraction of sp³-hybridized carbons (Fsp3) is 0.455. The summed E-state index contributed by atoms with van der Waals surface area (Å²) in [5.41, 5.74) is 4.12. The molecule has 46 heavy (non-hydrogen) atoms. The Bertz CT molecular complexity index is 1910. The quantitative estimate of drug-likeness (QED) is 0.434. The third-order valence-corrected chi connectivity index (χ3v) is 11.2. The number of carbonyl (C=O) groups excluding carboxylic acids is 2. The van der Waals surface area contributed by atoms with Crippen LogP contribution in [0.2, 0.25) is 0 Å². The number of aromatic nitrogens is 4. The first-order valence-electron chi connectivity index (χ1n) is 15.9. The van der Waals surface area contributed by atoms with Gasteiger partial charge in [-0.25, -0.2) is 4.72 Å². The van der Waals surface area contributed by atoms with Gasteiger partial charge in [0.15, 0.2) is 5.82 Å². The minimum atomic E-state index is -3.98. The van der Waals surface area contributed by atoms with E-state index in [1.165, 1.54) is 26.1 Å². The van der Waals surface area contributed by atoms with Crippen LogP contribution in [0.1, 0.15) is 71.4 Å². The Labute approximate surface area is 268 Å². The highest BCUT2D eigenvalue weighted by molar-refractivity contribution is 7.87. The number of benzene rings is 1. The van der Waals surface area contributed by atoms with Crippen LogP contribution in [0.3, 0.4) is 0 Å². The summed E-state index contributed by atoms with van der Waals surface area (Å²) < 4.78 is 38.0. The summed E-state index contributed by atoms with van der Waals surface area (Å²) in [5, 5.41) is 9.27. The maximum atomic E-state index is 14.3. The Morgan fingerprint density at radius 2 is 1.87 bits per heavy atom. The molecule has 2 aliphatic heterocycles. The summed E-state index contributed by atoms with van der Waals surface area (Å²) >= 11 is 0. The lowest BCUT2D eigenvalue weighted by atomic mass is 9.77. The first-order chi connectivity index (χ1) is 22.1. The Kier molecular flexibility index (Phi) is 7.84. The van der Waals surface area contributed by atoms with Crippen molar-refractivity contribution in [2.45, 2.75) is 63.6 Å². The normalized spacial score (nSPS) is 21.6. The molecule has 242 valence electrons. The van der Waals surface area contributed by atoms with Crippen molar-refractivity contribution in [1.29, 1.82) is 0 Å². The van der Waals surface area contributed by atoms with Crippen LogP contribution in [0.4, 0.5) is 0 Å². The van der Waals surface area contributed by atoms with Gasteiger partial charge in [0.1, 0.15) is 12.1 Å². The van der Waals surface area contributed by atoms with Gasteiger partial charge in [0.25, 0.3) is 11.8 Å². The zero-order valence-electron chi connectivity index (χ0n) is 26.3. The Hall–Kier alpha value is -4.23. The van der Waals surface area contributed by atoms with E-state index < -0.39 is 16.1 Å². The van der Waals surface area contributed by atoms with Gasteiger partial charge in [-0.15, -0.1) is 10.2 Å². The smallest absolute Gasteiger partial charge is 0.303 e. The monoisotopic (exact) mass is 645 g/mol. The third-order valence-electron chi connectivity index (χ3n) is 9.84. The van der Waals surface area contributed by atoms with Gasteiger partial charge in [-0.3, -0.25) is 9.59 Å². The number of hydrogen-bond donors (Lipinski definition) is 1. The fourth-order valence-electron chi connectivity index (χ4n) is 7.43. The molecule has 13 heteroatoms. The number of ether oxygens (including phenoxy) is 1. The summed E-state index contributed by atoms with van der Waals surface area (Å²) in [6.07, 6.45) is 15.7. The zero-order valence-corrected chi connectivity index (χ0v) is 27.2. The Balaban J connectivity index is 1.37. The fourth-order valence-corrected chi connectivity index (χ4v) is 7.96. The van der Waals surface area contributed by atoms with Crippen molar-refractivity contribution in [2.75, 3.05) is 27.7 Å². The average Bonchev–Trinajstić information content (AvgIpc) is 3.61. The molecule has 12 nitrogen and oxygen atoms in total. The van der Waals surface area contributed by atoms with Crippen molar-refractivity contribution < 1.29 is 22.7 Å². The lowest BCUT2D eigenvalue weighted by molar-refractivity contribution is -0.128. The maximum absolute atomic E-state index is 14.3. The number of nitrogens with one attached hydrogen (secondary N) is 1. The number of carbonyl (C=O) groups is 2. The van der Waals surface area contributed by atoms with Crippen molar-refractivity contribution in [3.63, 3.8) is 0 Å². The number of allylic oxidation sites excluding steroid dienone is 4. The van der Waals surface area contributed by atoms with Crippen molar-refractivity contribution in [3.8, 4) is 0 Å². The largest absolute Gasteiger partial charge is 0.497 e. The predicted molar refractivity (Wildman–Crippen MR) is 172 cm³/mol. The zero-order chi connectivity index (χ0) is 32.2. The van der Waals surface area contributed by atoms with Crippen LogP contribution in [0.5, 0.6) is 0 Å². The van der Waals surface area contributed by atoms with Crippen LogP contribution in [0.15, 0.2) is 60.2 Å². The molecule has 2 amide bonds. The van der Waals surface area contributed by atoms with Crippen LogP contribution >= 0.6 is 0 Å². The molecule has 2 unspecified atom stereocenters. The highest BCUT2D eigenvalue weighted by Crippen LogP contribution is 2.48. The minimum Gasteiger partial charge on any atom is -0.497 e. The minimum absolute atomic E-state index is 0.0515. The molecule has 7 rings (SSSR count). The third kappa shape index (κ3) is 5.34. The van der Waals surface area contributed by atoms with E-state index in [9.17, 15) is 18.0 Å². The van der Waals surface area contributed by atoms with Gasteiger partial charge >= 0.3 is 10.2 Å². The van der Waals surface area contributed by atoms with Crippen LogP contribution in [0.25, 0.3) is 10.9 Å². The first kappa shape index (κ1) is 30.4. The van der Waals surface area contributed by atoms with Gasteiger partial charge in [-0.05, 0) is 48.6 Å². The van der Waals surface area contributed by atoms with Crippen molar-refractivity contribution >= 4 is 32.9 Å². The molecule has 0 saturated heterocycles. The summed E-state index contributed by atoms with van der Waals surface area (Å²) in [4.78, 5) is 29.4. The van der Waals surface area contributed by atoms with Crippen molar-refractivity contribution in [2.24, 2.45) is 5.92 Å². The molecule has 4 aliphatic rings. The molecule has 1 saturated carbocycles. The van der Waals surface area contributed by atoms with E-state index in [1.807, 2.05) is 21.6 Å². The summed E-state index contributed by atoms with van der Waals surface area (Å²) in [5.74, 6) is 0.914. The van der Waals surface area contributed by atoms with E-state index in [0.29, 0.717) is 37.7 Å². The molecule has 2 aliphatic carbocycles. The lowest BCUT2D eigenvalue weighted by Crippen LogP contribution is -2.39. The Morgan fingerprint density at radius 1 is 1.07 bits per heavy atom. The molecule has 4 heterocycles. The topological polar surface area (TPSA) is 132 Å². The lowest BCUT2D eigenvalue weighted by Gasteiger charge is -2.28. The van der Waals surface area contributed by atoms with Gasteiger partial charge in [0, 0.05) is 66.8 Å². The molecule has 3 aromatic rings. The molecule has 2 atom stereocenters. The van der Waals surface area contributed by atoms with Gasteiger partial charge in [0.05, 0.1) is 20.2 Å². The van der Waals surface area contributed by atoms with Gasteiger partial charge in [0.2, 0.25) is 0 Å². The van der Waals surface area contributed by atoms with Crippen molar-refractivity contribution in [3.05, 3.63) is 82.8 Å². The van der Waals surface area contributed by atoms with Crippen molar-refractivity contribution in [1.82, 2.24) is 33.3 Å². The second-order valence-electron chi connectivity index (χ2n) is 12.8. The molecule has 1 fully saturated rings. The molecular weight excluding hydrogens is 606 g/mol. The number of fused-ring (bicyclic) bond motifs is 6. The SMILES string of the molecule is COC1=CC2C=C(C(=O)N3CCn4cnnc4C3)Cn3c(c(C4CCCCC4)c4ccc(C(=O)NS(=O)(=O)N(C)C)cc43)C2C=C1. The van der Waals surface area contributed by atoms with Gasteiger partial charge in [-0.2, -0.15) is 12.7 Å². The molecular formula is C33H39N7O5S. The van der Waals surface area contributed by atoms with Crippen LogP contribution in [-0.2, 0) is 39.4 Å². The van der Waals surface area contributed by atoms with E-state index >= 15 is 0 Å². The second kappa shape index (κ2) is 11.8. The van der Waals surface area contributed by atoms with E-state index in [1.54, 1.807) is 25.6 Å². The van der Waals surface area contributed by atoms with Crippen LogP contribution < -0.4 is 4.72 Å². The highest BCUT2D eigenvalue weighted by atomic mass is 32.2. The highest BCUT2D eigenvalue weighted by Gasteiger charge is 2.37. The number of hydrogen-bond acceptors (Lipinski definition) is 7. The molecule has 0 spiro atoms. The van der Waals surface area contributed by atoms with Crippen LogP contribution in [0, 0.1) is 5.92 Å². The predicted octanol–water partition coefficient (Wildman–Crippen LogP) is 3.60. The number of nitrogens with zero attached hydrogens (tertiary/aromatic N) is 6. The van der Waals surface area contributed by atoms with E-state index in [-0.39, 0.29) is 23.3 Å². The molecule has 1 aromatic carbocycles. The molecule has 2 aromatic heterocycles. The maximum Gasteiger partial charge on any atom is 0.303 e. The number of rotatable bonds is 6. The molecule has 0 radical (unpaired) electrons. The van der Waals surface area contributed by atoms with E-state index in [4.69, 9.17) is 4.74 Å². The number of methoxy groups -OCH3 is 1. The molecule has 1 N–H and O–H groups in total. The number of amides is 2. The van der Waals surface area contributed by atoms with Gasteiger partial charge < -0.3 is 18.8 Å². The standard InChI is InChI=1S/C33H39N7O5S/c1-37(2)46(43,44)36-32(41)22-9-11-27-28(17-22)40-18-24(33(42)38-13-14-39-20-34-35-29(39)19-38)15-23-16-25(45-3)10-12-26(23)31(40)30(27)21-7-5-4-6-8-21/h9-12,15-17,20-21,23,26H,4-8,13-14,18-19H2,1-3H3,(H,36,41). The van der Waals surface area contributed by atoms with E-state index in [2.05, 4.69) is 37.7 Å². The average molecular weight is 646 g/mol. The van der Waals surface area contributed by atoms with Gasteiger partial charge in [-0.1, -0.05) is 37.5 Å². The van der Waals surface area contributed by atoms with Crippen LogP contribution in [-0.4, -0.2) is 76.5 Å². The summed E-state index contributed by atoms with van der Waals surface area (Å²) in [6.45, 7) is 1.87. The Morgan fingerprint density at radius 3 is 2.63 bits per heavy atom. The summed E-state index contributed by atoms with van der Waals surface area (Å²) in [7, 11) is 0.419. The first-order valence-corrected chi connectivity index (χ1v) is 17.3. The summed E-state index contributed by atoms with van der Waals surface area (Å²) in [6, 6.07) is 5.44.